The minimum atomic E-state index is -4.75. The van der Waals surface area contributed by atoms with Gasteiger partial charge in [-0.1, -0.05) is 61.5 Å². The van der Waals surface area contributed by atoms with Crippen LogP contribution < -0.4 is 15.0 Å². The predicted octanol–water partition coefficient (Wildman–Crippen LogP) is 7.86. The van der Waals surface area contributed by atoms with Gasteiger partial charge in [-0.05, 0) is 73.7 Å². The van der Waals surface area contributed by atoms with Gasteiger partial charge in [-0.25, -0.2) is 14.5 Å². The van der Waals surface area contributed by atoms with Crippen LogP contribution in [0.15, 0.2) is 78.0 Å². The summed E-state index contributed by atoms with van der Waals surface area (Å²) in [5, 5.41) is 8.15. The second-order valence-electron chi connectivity index (χ2n) is 10.5. The fourth-order valence-electron chi connectivity index (χ4n) is 4.91. The highest BCUT2D eigenvalue weighted by Gasteiger charge is 2.31. The lowest BCUT2D eigenvalue weighted by Crippen LogP contribution is -2.36. The Hall–Kier alpha value is -4.32. The van der Waals surface area contributed by atoms with E-state index in [0.29, 0.717) is 16.7 Å². The van der Waals surface area contributed by atoms with Crippen LogP contribution in [0.3, 0.4) is 0 Å². The summed E-state index contributed by atoms with van der Waals surface area (Å²) >= 11 is 1.60. The first-order valence-corrected chi connectivity index (χ1v) is 15.4. The molecule has 1 aromatic heterocycles. The van der Waals surface area contributed by atoms with Crippen molar-refractivity contribution in [2.75, 3.05) is 17.2 Å². The minimum Gasteiger partial charge on any atom is -0.406 e. The van der Waals surface area contributed by atoms with Crippen molar-refractivity contribution in [3.63, 3.8) is 0 Å². The number of amidine groups is 1. The molecule has 0 spiro atoms. The molecule has 2 amide bonds. The molecule has 5 rings (SSSR count). The maximum Gasteiger partial charge on any atom is 0.573 e. The summed E-state index contributed by atoms with van der Waals surface area (Å²) in [4.78, 5) is 24.0. The van der Waals surface area contributed by atoms with E-state index in [0.717, 1.165) is 48.4 Å². The summed E-state index contributed by atoms with van der Waals surface area (Å²) in [5.74, 6) is 1.05. The number of nitrogens with zero attached hydrogens (tertiary/aromatic N) is 5. The summed E-state index contributed by atoms with van der Waals surface area (Å²) in [7, 11) is 0. The highest BCUT2D eigenvalue weighted by molar-refractivity contribution is 8.14. The Kier molecular flexibility index (Phi) is 9.58. The van der Waals surface area contributed by atoms with E-state index in [1.54, 1.807) is 11.8 Å². The lowest BCUT2D eigenvalue weighted by atomic mass is 10.0. The molecule has 2 heterocycles. The SMILES string of the molecule is CCCc1ccc(C)cc1N1CCCSC1=NC(=O)NC(C)c1ccc(-c2ncn(-c3ccc(OC(F)(F)F)cc3)n2)cc1. The summed E-state index contributed by atoms with van der Waals surface area (Å²) in [6.45, 7) is 6.96. The third-order valence-corrected chi connectivity index (χ3v) is 8.13. The van der Waals surface area contributed by atoms with Crippen molar-refractivity contribution >= 4 is 28.6 Å². The number of benzene rings is 3. The number of aryl methyl sites for hydroxylation is 2. The Bertz CT molecular complexity index is 1620. The maximum atomic E-state index is 13.0. The number of aliphatic imine (C=N–C) groups is 1. The van der Waals surface area contributed by atoms with Crippen molar-refractivity contribution in [2.24, 2.45) is 4.99 Å². The molecular weight excluding hydrogens is 589 g/mol. The summed E-state index contributed by atoms with van der Waals surface area (Å²) in [6.07, 6.45) is -0.246. The van der Waals surface area contributed by atoms with E-state index >= 15 is 0 Å². The third kappa shape index (κ3) is 7.79. The molecule has 0 bridgehead atoms. The second-order valence-corrected chi connectivity index (χ2v) is 11.5. The van der Waals surface area contributed by atoms with Crippen molar-refractivity contribution < 1.29 is 22.7 Å². The molecular formula is C32H33F3N6O2S. The predicted molar refractivity (Wildman–Crippen MR) is 167 cm³/mol. The normalized spacial score (nSPS) is 15.3. The average Bonchev–Trinajstić information content (AvgIpc) is 3.49. The standard InChI is InChI=1S/C32H33F3N6O2S/c1-4-6-24-8-7-21(2)19-28(24)40-17-5-18-44-31(40)38-30(42)37-22(3)23-9-11-25(12-10-23)29-36-20-41(39-29)26-13-15-27(16-14-26)43-32(33,34)35/h7-16,19-20,22H,4-6,17-18H2,1-3H3,(H,37,42). The van der Waals surface area contributed by atoms with Crippen LogP contribution >= 0.6 is 11.8 Å². The summed E-state index contributed by atoms with van der Waals surface area (Å²) in [6, 6.07) is 18.7. The Morgan fingerprint density at radius 2 is 1.86 bits per heavy atom. The molecule has 0 radical (unpaired) electrons. The largest absolute Gasteiger partial charge is 0.573 e. The fraction of sp³-hybridized carbons (Fsp3) is 0.312. The Morgan fingerprint density at radius 3 is 2.57 bits per heavy atom. The van der Waals surface area contributed by atoms with Crippen molar-refractivity contribution in [2.45, 2.75) is 52.4 Å². The first-order valence-electron chi connectivity index (χ1n) is 14.4. The molecule has 8 nitrogen and oxygen atoms in total. The zero-order valence-electron chi connectivity index (χ0n) is 24.6. The number of carbonyl (C=O) groups excluding carboxylic acids is 1. The second kappa shape index (κ2) is 13.5. The number of halogens is 3. The minimum absolute atomic E-state index is 0.291. The molecule has 3 aromatic carbocycles. The van der Waals surface area contributed by atoms with E-state index in [4.69, 9.17) is 0 Å². The Morgan fingerprint density at radius 1 is 1.11 bits per heavy atom. The summed E-state index contributed by atoms with van der Waals surface area (Å²) < 4.78 is 42.7. The molecule has 44 heavy (non-hydrogen) atoms. The van der Waals surface area contributed by atoms with Crippen LogP contribution in [0.1, 0.15) is 49.4 Å². The van der Waals surface area contributed by atoms with Crippen LogP contribution in [-0.2, 0) is 6.42 Å². The highest BCUT2D eigenvalue weighted by atomic mass is 32.2. The van der Waals surface area contributed by atoms with Crippen molar-refractivity contribution in [3.05, 3.63) is 89.7 Å². The van der Waals surface area contributed by atoms with Gasteiger partial charge in [0, 0.05) is 23.5 Å². The van der Waals surface area contributed by atoms with E-state index in [1.807, 2.05) is 31.2 Å². The third-order valence-electron chi connectivity index (χ3n) is 7.07. The van der Waals surface area contributed by atoms with Gasteiger partial charge in [-0.3, -0.25) is 0 Å². The molecule has 1 aliphatic rings. The number of nitrogens with one attached hydrogen (secondary N) is 1. The molecule has 1 fully saturated rings. The number of aromatic nitrogens is 3. The van der Waals surface area contributed by atoms with Crippen LogP contribution in [0.2, 0.25) is 0 Å². The van der Waals surface area contributed by atoms with Gasteiger partial charge in [0.1, 0.15) is 12.1 Å². The number of ether oxygens (including phenoxy) is 1. The van der Waals surface area contributed by atoms with Gasteiger partial charge in [0.25, 0.3) is 0 Å². The van der Waals surface area contributed by atoms with Gasteiger partial charge in [-0.15, -0.1) is 18.3 Å². The van der Waals surface area contributed by atoms with E-state index in [1.165, 1.54) is 46.4 Å². The number of anilines is 1. The molecule has 4 aromatic rings. The molecule has 12 heteroatoms. The van der Waals surface area contributed by atoms with E-state index in [-0.39, 0.29) is 11.8 Å². The first-order chi connectivity index (χ1) is 21.1. The zero-order valence-corrected chi connectivity index (χ0v) is 25.5. The van der Waals surface area contributed by atoms with Crippen molar-refractivity contribution in [1.29, 1.82) is 0 Å². The summed E-state index contributed by atoms with van der Waals surface area (Å²) in [5.41, 5.74) is 5.73. The van der Waals surface area contributed by atoms with Gasteiger partial charge in [0.15, 0.2) is 11.0 Å². The van der Waals surface area contributed by atoms with Gasteiger partial charge in [0.2, 0.25) is 0 Å². The first kappa shape index (κ1) is 31.1. The van der Waals surface area contributed by atoms with Gasteiger partial charge >= 0.3 is 12.4 Å². The maximum absolute atomic E-state index is 13.0. The van der Waals surface area contributed by atoms with Crippen LogP contribution in [0.4, 0.5) is 23.7 Å². The molecule has 230 valence electrons. The Labute approximate surface area is 258 Å². The van der Waals surface area contributed by atoms with Crippen LogP contribution in [0, 0.1) is 6.92 Å². The topological polar surface area (TPSA) is 84.6 Å². The zero-order chi connectivity index (χ0) is 31.3. The number of urea groups is 1. The van der Waals surface area contributed by atoms with Gasteiger partial charge in [0.05, 0.1) is 11.7 Å². The molecule has 1 N–H and O–H groups in total. The number of carbonyl (C=O) groups is 1. The fourth-order valence-corrected chi connectivity index (χ4v) is 5.86. The molecule has 1 saturated heterocycles. The molecule has 0 aliphatic carbocycles. The number of amides is 2. The molecule has 1 atom stereocenters. The molecule has 0 saturated carbocycles. The smallest absolute Gasteiger partial charge is 0.406 e. The quantitative estimate of drug-likeness (QED) is 0.215. The monoisotopic (exact) mass is 622 g/mol. The lowest BCUT2D eigenvalue weighted by molar-refractivity contribution is -0.274. The molecule has 1 unspecified atom stereocenters. The van der Waals surface area contributed by atoms with E-state index in [9.17, 15) is 18.0 Å². The number of rotatable bonds is 8. The van der Waals surface area contributed by atoms with Gasteiger partial charge < -0.3 is 15.0 Å². The number of hydrogen-bond acceptors (Lipinski definition) is 5. The number of hydrogen-bond donors (Lipinski definition) is 1. The van der Waals surface area contributed by atoms with Gasteiger partial charge in [-0.2, -0.15) is 4.99 Å². The Balaban J connectivity index is 1.24. The van der Waals surface area contributed by atoms with Crippen LogP contribution in [-0.4, -0.2) is 44.6 Å². The van der Waals surface area contributed by atoms with E-state index in [2.05, 4.69) is 62.1 Å². The number of thioether (sulfide) groups is 1. The van der Waals surface area contributed by atoms with E-state index < -0.39 is 12.4 Å². The average molecular weight is 623 g/mol. The van der Waals surface area contributed by atoms with Crippen LogP contribution in [0.25, 0.3) is 17.1 Å². The lowest BCUT2D eigenvalue weighted by Gasteiger charge is -2.31. The molecule has 1 aliphatic heterocycles. The van der Waals surface area contributed by atoms with Crippen molar-refractivity contribution in [1.82, 2.24) is 20.1 Å². The van der Waals surface area contributed by atoms with Crippen molar-refractivity contribution in [3.8, 4) is 22.8 Å². The van der Waals surface area contributed by atoms with Crippen LogP contribution in [0.5, 0.6) is 5.75 Å². The number of alkyl halides is 3. The highest BCUT2D eigenvalue weighted by Crippen LogP contribution is 2.30.